The molecule has 2 aliphatic rings. The van der Waals surface area contributed by atoms with Gasteiger partial charge in [-0.25, -0.2) is 13.1 Å². The molecule has 0 unspecified atom stereocenters. The largest absolute Gasteiger partial charge is 0.372 e. The molecule has 0 amide bonds. The van der Waals surface area contributed by atoms with Gasteiger partial charge in [0, 0.05) is 44.5 Å². The lowest BCUT2D eigenvalue weighted by Crippen LogP contribution is -2.29. The maximum atomic E-state index is 12.0. The molecule has 140 valence electrons. The second-order valence-electron chi connectivity index (χ2n) is 6.91. The molecule has 2 atom stereocenters. The molecule has 2 aromatic rings. The van der Waals surface area contributed by atoms with Crippen LogP contribution in [0, 0.1) is 5.92 Å². The van der Waals surface area contributed by atoms with Crippen molar-refractivity contribution in [2.24, 2.45) is 13.0 Å². The van der Waals surface area contributed by atoms with E-state index in [1.807, 2.05) is 30.1 Å². The molecule has 1 fully saturated rings. The third-order valence-corrected chi connectivity index (χ3v) is 6.85. The summed E-state index contributed by atoms with van der Waals surface area (Å²) in [6, 6.07) is 7.44. The van der Waals surface area contributed by atoms with Crippen molar-refractivity contribution in [3.05, 3.63) is 41.7 Å². The first-order valence-electron chi connectivity index (χ1n) is 8.90. The van der Waals surface area contributed by atoms with Crippen molar-refractivity contribution in [2.45, 2.75) is 23.8 Å². The highest BCUT2D eigenvalue weighted by Crippen LogP contribution is 2.38. The molecule has 3 heterocycles. The van der Waals surface area contributed by atoms with Gasteiger partial charge in [-0.05, 0) is 49.7 Å². The average Bonchev–Trinajstić information content (AvgIpc) is 3.35. The molecule has 8 heteroatoms. The predicted octanol–water partition coefficient (Wildman–Crippen LogP) is 1.47. The normalized spacial score (nSPS) is 22.8. The minimum Gasteiger partial charge on any atom is -0.372 e. The van der Waals surface area contributed by atoms with Gasteiger partial charge in [-0.3, -0.25) is 4.68 Å². The van der Waals surface area contributed by atoms with E-state index in [9.17, 15) is 8.42 Å². The summed E-state index contributed by atoms with van der Waals surface area (Å²) in [5.74, 6) is 0.400. The molecule has 7 nitrogen and oxygen atoms in total. The van der Waals surface area contributed by atoms with Crippen LogP contribution in [-0.4, -0.2) is 44.9 Å². The molecule has 26 heavy (non-hydrogen) atoms. The smallest absolute Gasteiger partial charge is 0.240 e. The first kappa shape index (κ1) is 17.5. The van der Waals surface area contributed by atoms with Crippen molar-refractivity contribution in [3.8, 4) is 0 Å². The summed E-state index contributed by atoms with van der Waals surface area (Å²) in [4.78, 5) is 2.69. The lowest BCUT2D eigenvalue weighted by molar-refractivity contribution is 0.0854. The van der Waals surface area contributed by atoms with Gasteiger partial charge < -0.3 is 9.64 Å². The molecule has 1 saturated heterocycles. The van der Waals surface area contributed by atoms with Crippen molar-refractivity contribution in [1.82, 2.24) is 14.5 Å². The van der Waals surface area contributed by atoms with E-state index in [2.05, 4.69) is 14.7 Å². The molecule has 4 rings (SSSR count). The molecular weight excluding hydrogens is 352 g/mol. The fourth-order valence-electron chi connectivity index (χ4n) is 4.02. The van der Waals surface area contributed by atoms with Crippen molar-refractivity contribution >= 4 is 15.7 Å². The zero-order chi connectivity index (χ0) is 18.3. The molecule has 1 aromatic heterocycles. The van der Waals surface area contributed by atoms with Gasteiger partial charge in [0.2, 0.25) is 10.0 Å². The Bertz CT molecular complexity index is 909. The molecule has 0 aliphatic carbocycles. The Morgan fingerprint density at radius 1 is 1.35 bits per heavy atom. The first-order valence-corrected chi connectivity index (χ1v) is 10.4. The van der Waals surface area contributed by atoms with Crippen molar-refractivity contribution in [3.63, 3.8) is 0 Å². The zero-order valence-electron chi connectivity index (χ0n) is 15.1. The highest BCUT2D eigenvalue weighted by Gasteiger charge is 2.34. The van der Waals surface area contributed by atoms with E-state index in [1.165, 1.54) is 7.05 Å². The van der Waals surface area contributed by atoms with Gasteiger partial charge in [0.25, 0.3) is 0 Å². The van der Waals surface area contributed by atoms with E-state index < -0.39 is 10.0 Å². The Balaban J connectivity index is 1.54. The van der Waals surface area contributed by atoms with Crippen LogP contribution in [0.3, 0.4) is 0 Å². The SMILES string of the molecule is CNS(=O)(=O)c1ccc2c(c1)CCN2C[C@@H]1CCO[C@H]1c1ccnn1C. The van der Waals surface area contributed by atoms with Gasteiger partial charge in [-0.2, -0.15) is 5.10 Å². The van der Waals surface area contributed by atoms with Gasteiger partial charge in [-0.15, -0.1) is 0 Å². The van der Waals surface area contributed by atoms with Crippen LogP contribution in [0.5, 0.6) is 0 Å². The molecule has 1 N–H and O–H groups in total. The van der Waals surface area contributed by atoms with Crippen LogP contribution in [0.25, 0.3) is 0 Å². The zero-order valence-corrected chi connectivity index (χ0v) is 15.9. The van der Waals surface area contributed by atoms with Crippen LogP contribution < -0.4 is 9.62 Å². The van der Waals surface area contributed by atoms with Crippen molar-refractivity contribution in [1.29, 1.82) is 0 Å². The number of nitrogens with one attached hydrogen (secondary N) is 1. The number of fused-ring (bicyclic) bond motifs is 1. The van der Waals surface area contributed by atoms with Gasteiger partial charge in [0.1, 0.15) is 6.10 Å². The number of ether oxygens (including phenoxy) is 1. The quantitative estimate of drug-likeness (QED) is 0.855. The fraction of sp³-hybridized carbons (Fsp3) is 0.500. The van der Waals surface area contributed by atoms with Gasteiger partial charge in [0.15, 0.2) is 0 Å². The number of aryl methyl sites for hydroxylation is 1. The Kier molecular flexibility index (Phi) is 4.50. The minimum atomic E-state index is -3.40. The Morgan fingerprint density at radius 3 is 2.92 bits per heavy atom. The third kappa shape index (κ3) is 3.02. The maximum Gasteiger partial charge on any atom is 0.240 e. The summed E-state index contributed by atoms with van der Waals surface area (Å²) in [5, 5.41) is 4.26. The van der Waals surface area contributed by atoms with Gasteiger partial charge >= 0.3 is 0 Å². The Hall–Kier alpha value is -1.90. The Labute approximate surface area is 154 Å². The predicted molar refractivity (Wildman–Crippen MR) is 98.6 cm³/mol. The number of aromatic nitrogens is 2. The van der Waals surface area contributed by atoms with Crippen molar-refractivity contribution < 1.29 is 13.2 Å². The Morgan fingerprint density at radius 2 is 2.19 bits per heavy atom. The molecule has 1 aromatic carbocycles. The van der Waals surface area contributed by atoms with E-state index >= 15 is 0 Å². The highest BCUT2D eigenvalue weighted by atomic mass is 32.2. The number of anilines is 1. The molecule has 0 saturated carbocycles. The van der Waals surface area contributed by atoms with Gasteiger partial charge in [0.05, 0.1) is 10.6 Å². The molecule has 2 aliphatic heterocycles. The summed E-state index contributed by atoms with van der Waals surface area (Å²) in [7, 11) is -0.0156. The number of nitrogens with zero attached hydrogens (tertiary/aromatic N) is 3. The number of benzene rings is 1. The summed E-state index contributed by atoms with van der Waals surface area (Å²) in [6.07, 6.45) is 3.76. The number of rotatable bonds is 5. The number of sulfonamides is 1. The third-order valence-electron chi connectivity index (χ3n) is 5.44. The number of hydrogen-bond donors (Lipinski definition) is 1. The molecule has 0 spiro atoms. The molecule has 0 bridgehead atoms. The van der Waals surface area contributed by atoms with E-state index in [0.29, 0.717) is 10.8 Å². The maximum absolute atomic E-state index is 12.0. The first-order chi connectivity index (χ1) is 12.5. The van der Waals surface area contributed by atoms with E-state index in [4.69, 9.17) is 4.74 Å². The molecule has 0 radical (unpaired) electrons. The van der Waals surface area contributed by atoms with Crippen LogP contribution in [0.1, 0.15) is 23.8 Å². The van der Waals surface area contributed by atoms with Crippen LogP contribution in [0.4, 0.5) is 5.69 Å². The van der Waals surface area contributed by atoms with Crippen LogP contribution in [-0.2, 0) is 28.2 Å². The summed E-state index contributed by atoms with van der Waals surface area (Å²) in [6.45, 7) is 2.58. The lowest BCUT2D eigenvalue weighted by Gasteiger charge is -2.26. The monoisotopic (exact) mass is 376 g/mol. The fourth-order valence-corrected chi connectivity index (χ4v) is 4.80. The van der Waals surface area contributed by atoms with E-state index in [1.54, 1.807) is 12.1 Å². The van der Waals surface area contributed by atoms with Crippen LogP contribution in [0.2, 0.25) is 0 Å². The summed E-state index contributed by atoms with van der Waals surface area (Å²) >= 11 is 0. The highest BCUT2D eigenvalue weighted by molar-refractivity contribution is 7.89. The lowest BCUT2D eigenvalue weighted by atomic mass is 9.98. The van der Waals surface area contributed by atoms with E-state index in [-0.39, 0.29) is 6.10 Å². The topological polar surface area (TPSA) is 76.5 Å². The summed E-state index contributed by atoms with van der Waals surface area (Å²) < 4.78 is 34.3. The van der Waals surface area contributed by atoms with Crippen LogP contribution in [0.15, 0.2) is 35.4 Å². The number of hydrogen-bond acceptors (Lipinski definition) is 5. The van der Waals surface area contributed by atoms with Crippen molar-refractivity contribution in [2.75, 3.05) is 31.6 Å². The van der Waals surface area contributed by atoms with E-state index in [0.717, 1.165) is 49.5 Å². The minimum absolute atomic E-state index is 0.0653. The second kappa shape index (κ2) is 6.68. The second-order valence-corrected chi connectivity index (χ2v) is 8.80. The van der Waals surface area contributed by atoms with Gasteiger partial charge in [-0.1, -0.05) is 0 Å². The molecular formula is C18H24N4O3S. The summed E-state index contributed by atoms with van der Waals surface area (Å²) in [5.41, 5.74) is 3.34. The standard InChI is InChI=1S/C18H24N4O3S/c1-19-26(23,24)15-3-4-16-13(11-15)6-9-22(16)12-14-7-10-25-18(14)17-5-8-20-21(17)2/h3-5,8,11,14,18-19H,6-7,9-10,12H2,1-2H3/t14-,18+/m0/s1. The van der Waals surface area contributed by atoms with Crippen LogP contribution >= 0.6 is 0 Å². The average molecular weight is 376 g/mol.